The summed E-state index contributed by atoms with van der Waals surface area (Å²) in [4.78, 5) is 16.5. The van der Waals surface area contributed by atoms with Gasteiger partial charge in [-0.05, 0) is 41.5 Å². The predicted molar refractivity (Wildman–Crippen MR) is 105 cm³/mol. The highest BCUT2D eigenvalue weighted by atomic mass is 35.5. The van der Waals surface area contributed by atoms with Crippen LogP contribution in [0, 0.1) is 0 Å². The molecule has 7 heteroatoms. The van der Waals surface area contributed by atoms with Gasteiger partial charge in [-0.3, -0.25) is 4.79 Å². The molecular weight excluding hydrogens is 350 g/mol. The van der Waals surface area contributed by atoms with Crippen molar-refractivity contribution in [3.05, 3.63) is 64.2 Å². The number of hydrogen-bond acceptors (Lipinski definition) is 5. The molecule has 3 N–H and O–H groups in total. The highest BCUT2D eigenvalue weighted by Gasteiger charge is 2.24. The van der Waals surface area contributed by atoms with E-state index < -0.39 is 0 Å². The number of rotatable bonds is 3. The standard InChI is InChI=1S/C19H16ClN5O/c20-14-4-5-17-15(10-14)16(18(26)24-17)9-12-2-1-3-13(8-12)11-23-25-19-21-6-7-22-19/h1-5,8-11H,6-7H2,(H,24,26)(H2,21,22,25)/b16-9+,23-11+. The minimum atomic E-state index is -0.131. The number of benzene rings is 2. The first-order valence-corrected chi connectivity index (χ1v) is 8.57. The van der Waals surface area contributed by atoms with Gasteiger partial charge in [0.05, 0.1) is 12.8 Å². The van der Waals surface area contributed by atoms with Gasteiger partial charge in [-0.25, -0.2) is 10.4 Å². The third-order valence-corrected chi connectivity index (χ3v) is 4.28. The maximum Gasteiger partial charge on any atom is 0.256 e. The molecule has 2 aromatic carbocycles. The van der Waals surface area contributed by atoms with Crippen molar-refractivity contribution in [1.82, 2.24) is 10.7 Å². The lowest BCUT2D eigenvalue weighted by atomic mass is 10.0. The van der Waals surface area contributed by atoms with Crippen LogP contribution in [0.3, 0.4) is 0 Å². The first-order chi connectivity index (χ1) is 12.7. The lowest BCUT2D eigenvalue weighted by Crippen LogP contribution is -2.30. The minimum absolute atomic E-state index is 0.131. The number of carbonyl (C=O) groups excluding carboxylic acids is 1. The number of nitrogens with one attached hydrogen (secondary N) is 3. The van der Waals surface area contributed by atoms with Gasteiger partial charge in [0.25, 0.3) is 5.91 Å². The Morgan fingerprint density at radius 3 is 2.92 bits per heavy atom. The zero-order valence-electron chi connectivity index (χ0n) is 13.8. The molecule has 2 aliphatic heterocycles. The lowest BCUT2D eigenvalue weighted by molar-refractivity contribution is -0.110. The molecule has 0 saturated heterocycles. The molecule has 130 valence electrons. The van der Waals surface area contributed by atoms with Crippen LogP contribution in [0.25, 0.3) is 11.6 Å². The molecule has 0 aliphatic carbocycles. The Balaban J connectivity index is 1.57. The molecule has 0 aromatic heterocycles. The Bertz CT molecular complexity index is 964. The van der Waals surface area contributed by atoms with E-state index in [1.807, 2.05) is 36.4 Å². The maximum atomic E-state index is 12.3. The second-order valence-electron chi connectivity index (χ2n) is 5.90. The average molecular weight is 366 g/mol. The van der Waals surface area contributed by atoms with Crippen LogP contribution in [0.5, 0.6) is 0 Å². The normalized spacial score (nSPS) is 17.2. The van der Waals surface area contributed by atoms with E-state index in [4.69, 9.17) is 11.6 Å². The van der Waals surface area contributed by atoms with E-state index in [2.05, 4.69) is 26.2 Å². The minimum Gasteiger partial charge on any atom is -0.353 e. The SMILES string of the molecule is O=C1Nc2ccc(Cl)cc2/C1=C\c1cccc(/C=N/NC2=NCCN2)c1. The molecule has 4 rings (SSSR count). The van der Waals surface area contributed by atoms with Gasteiger partial charge in [-0.15, -0.1) is 0 Å². The van der Waals surface area contributed by atoms with E-state index in [9.17, 15) is 4.79 Å². The second kappa shape index (κ2) is 7.01. The molecule has 1 amide bonds. The molecule has 0 fully saturated rings. The van der Waals surface area contributed by atoms with Crippen LogP contribution >= 0.6 is 11.6 Å². The fourth-order valence-electron chi connectivity index (χ4n) is 2.84. The van der Waals surface area contributed by atoms with E-state index in [0.29, 0.717) is 16.6 Å². The average Bonchev–Trinajstić information content (AvgIpc) is 3.24. The number of halogens is 1. The van der Waals surface area contributed by atoms with E-state index in [1.165, 1.54) is 0 Å². The summed E-state index contributed by atoms with van der Waals surface area (Å²) in [7, 11) is 0. The van der Waals surface area contributed by atoms with Crippen LogP contribution in [-0.2, 0) is 4.79 Å². The number of amides is 1. The molecule has 0 unspecified atom stereocenters. The number of guanidine groups is 1. The first-order valence-electron chi connectivity index (χ1n) is 8.19. The smallest absolute Gasteiger partial charge is 0.256 e. The summed E-state index contributed by atoms with van der Waals surface area (Å²) in [5.74, 6) is 0.545. The van der Waals surface area contributed by atoms with Crippen LogP contribution in [0.1, 0.15) is 16.7 Å². The van der Waals surface area contributed by atoms with E-state index in [-0.39, 0.29) is 5.91 Å². The number of nitrogens with zero attached hydrogens (tertiary/aromatic N) is 2. The second-order valence-corrected chi connectivity index (χ2v) is 6.34. The Hall–Kier alpha value is -3.12. The predicted octanol–water partition coefficient (Wildman–Crippen LogP) is 2.72. The van der Waals surface area contributed by atoms with Crippen molar-refractivity contribution in [1.29, 1.82) is 0 Å². The fourth-order valence-corrected chi connectivity index (χ4v) is 3.01. The van der Waals surface area contributed by atoms with E-state index >= 15 is 0 Å². The highest BCUT2D eigenvalue weighted by Crippen LogP contribution is 2.34. The maximum absolute atomic E-state index is 12.3. The van der Waals surface area contributed by atoms with Crippen molar-refractivity contribution >= 4 is 47.0 Å². The number of hydrogen-bond donors (Lipinski definition) is 3. The highest BCUT2D eigenvalue weighted by molar-refractivity contribution is 6.36. The van der Waals surface area contributed by atoms with Crippen molar-refractivity contribution in [2.24, 2.45) is 10.1 Å². The van der Waals surface area contributed by atoms with Gasteiger partial charge in [-0.2, -0.15) is 5.10 Å². The number of aliphatic imine (C=N–C) groups is 1. The van der Waals surface area contributed by atoms with Gasteiger partial charge in [-0.1, -0.05) is 29.8 Å². The number of carbonyl (C=O) groups is 1. The summed E-state index contributed by atoms with van der Waals surface area (Å²) in [6.07, 6.45) is 3.56. The lowest BCUT2D eigenvalue weighted by Gasteiger charge is -2.02. The van der Waals surface area contributed by atoms with Gasteiger partial charge >= 0.3 is 0 Å². The van der Waals surface area contributed by atoms with E-state index in [0.717, 1.165) is 35.5 Å². The van der Waals surface area contributed by atoms with Gasteiger partial charge in [0.2, 0.25) is 5.96 Å². The van der Waals surface area contributed by atoms with Crippen LogP contribution in [-0.4, -0.2) is 31.2 Å². The number of anilines is 1. The Morgan fingerprint density at radius 2 is 2.08 bits per heavy atom. The zero-order chi connectivity index (χ0) is 17.9. The van der Waals surface area contributed by atoms with Crippen molar-refractivity contribution in [3.8, 4) is 0 Å². The summed E-state index contributed by atoms with van der Waals surface area (Å²) in [6, 6.07) is 13.1. The largest absolute Gasteiger partial charge is 0.353 e. The number of hydrazone groups is 1. The summed E-state index contributed by atoms with van der Waals surface area (Å²) in [6.45, 7) is 1.59. The van der Waals surface area contributed by atoms with Crippen LogP contribution in [0.2, 0.25) is 5.02 Å². The fraction of sp³-hybridized carbons (Fsp3) is 0.105. The Kier molecular flexibility index (Phi) is 4.41. The summed E-state index contributed by atoms with van der Waals surface area (Å²) in [5.41, 5.74) is 6.87. The van der Waals surface area contributed by atoms with E-state index in [1.54, 1.807) is 18.3 Å². The molecule has 2 aliphatic rings. The third kappa shape index (κ3) is 3.45. The molecule has 0 radical (unpaired) electrons. The summed E-state index contributed by atoms with van der Waals surface area (Å²) < 4.78 is 0. The quantitative estimate of drug-likeness (QED) is 0.444. The molecule has 0 bridgehead atoms. The van der Waals surface area contributed by atoms with Crippen LogP contribution < -0.4 is 16.1 Å². The van der Waals surface area contributed by atoms with Crippen LogP contribution in [0.4, 0.5) is 5.69 Å². The van der Waals surface area contributed by atoms with Gasteiger partial charge in [0.15, 0.2) is 0 Å². The first kappa shape index (κ1) is 16.4. The van der Waals surface area contributed by atoms with Gasteiger partial charge in [0, 0.05) is 28.4 Å². The molecule has 6 nitrogen and oxygen atoms in total. The summed E-state index contributed by atoms with van der Waals surface area (Å²) >= 11 is 6.07. The molecule has 26 heavy (non-hydrogen) atoms. The van der Waals surface area contributed by atoms with Crippen LogP contribution in [0.15, 0.2) is 52.6 Å². The molecule has 0 spiro atoms. The summed E-state index contributed by atoms with van der Waals surface area (Å²) in [5, 5.41) is 10.7. The molecule has 2 heterocycles. The molecule has 0 atom stereocenters. The monoisotopic (exact) mass is 365 g/mol. The molecule has 0 saturated carbocycles. The Labute approximate surface area is 155 Å². The van der Waals surface area contributed by atoms with Gasteiger partial charge in [0.1, 0.15) is 0 Å². The zero-order valence-corrected chi connectivity index (χ0v) is 14.5. The van der Waals surface area contributed by atoms with Crippen molar-refractivity contribution in [3.63, 3.8) is 0 Å². The Morgan fingerprint density at radius 1 is 1.19 bits per heavy atom. The third-order valence-electron chi connectivity index (χ3n) is 4.04. The van der Waals surface area contributed by atoms with Crippen molar-refractivity contribution in [2.45, 2.75) is 0 Å². The van der Waals surface area contributed by atoms with Gasteiger partial charge < -0.3 is 10.6 Å². The molecular formula is C19H16ClN5O. The topological polar surface area (TPSA) is 77.9 Å². The van der Waals surface area contributed by atoms with Crippen molar-refractivity contribution < 1.29 is 4.79 Å². The van der Waals surface area contributed by atoms with Crippen molar-refractivity contribution in [2.75, 3.05) is 18.4 Å². The number of fused-ring (bicyclic) bond motifs is 1. The molecule has 2 aromatic rings.